The fraction of sp³-hybridized carbons (Fsp3) is 0.794. The van der Waals surface area contributed by atoms with E-state index < -0.39 is 69.2 Å². The monoisotopic (exact) mass is 596 g/mol. The summed E-state index contributed by atoms with van der Waals surface area (Å²) in [5.74, 6) is -1.50. The minimum absolute atomic E-state index is 0.0754. The largest absolute Gasteiger partial charge is 0.472 e. The molecule has 1 aromatic rings. The predicted molar refractivity (Wildman–Crippen MR) is 150 cm³/mol. The molecule has 4 saturated heterocycles. The van der Waals surface area contributed by atoms with Crippen LogP contribution in [0.25, 0.3) is 0 Å². The number of epoxide rings is 1. The highest BCUT2D eigenvalue weighted by Gasteiger charge is 2.91. The van der Waals surface area contributed by atoms with Gasteiger partial charge in [0.2, 0.25) is 0 Å². The maximum atomic E-state index is 14.9. The third-order valence-corrected chi connectivity index (χ3v) is 13.7. The van der Waals surface area contributed by atoms with Gasteiger partial charge in [-0.1, -0.05) is 40.5 Å². The molecule has 8 rings (SSSR count). The normalized spacial score (nSPS) is 50.8. The van der Waals surface area contributed by atoms with Crippen LogP contribution in [0.3, 0.4) is 0 Å². The molecular formula is C34H44O9. The molecule has 0 aromatic carbocycles. The number of carbonyl (C=O) groups is 3. The number of cyclic esters (lactones) is 2. The van der Waals surface area contributed by atoms with Crippen LogP contribution >= 0.6 is 0 Å². The Morgan fingerprint density at radius 1 is 1.02 bits per heavy atom. The smallest absolute Gasteiger partial charge is 0.339 e. The maximum Gasteiger partial charge on any atom is 0.339 e. The van der Waals surface area contributed by atoms with Gasteiger partial charge in [0.25, 0.3) is 0 Å². The van der Waals surface area contributed by atoms with Crippen molar-refractivity contribution in [2.75, 3.05) is 6.61 Å². The number of ketones is 1. The van der Waals surface area contributed by atoms with Crippen molar-refractivity contribution in [1.82, 2.24) is 0 Å². The van der Waals surface area contributed by atoms with E-state index >= 15 is 0 Å². The Kier molecular flexibility index (Phi) is 5.60. The Labute approximate surface area is 252 Å². The third-order valence-electron chi connectivity index (χ3n) is 13.7. The number of esters is 2. The molecule has 7 fully saturated rings. The van der Waals surface area contributed by atoms with Crippen LogP contribution in [-0.4, -0.2) is 58.9 Å². The summed E-state index contributed by atoms with van der Waals surface area (Å²) >= 11 is 0. The number of hydrogen-bond acceptors (Lipinski definition) is 9. The van der Waals surface area contributed by atoms with Crippen molar-refractivity contribution in [3.63, 3.8) is 0 Å². The van der Waals surface area contributed by atoms with E-state index in [1.165, 1.54) is 0 Å². The number of carbonyl (C=O) groups excluding carboxylic acids is 3. The molecule has 4 aliphatic heterocycles. The van der Waals surface area contributed by atoms with Crippen LogP contribution in [0.2, 0.25) is 0 Å². The minimum atomic E-state index is -1.38. The fourth-order valence-corrected chi connectivity index (χ4v) is 11.9. The van der Waals surface area contributed by atoms with E-state index in [0.29, 0.717) is 38.0 Å². The SMILES string of the molecule is CC(C)CC[C@@]1(C)O[C@H]2C3(CCCC3)C(=O)OC[C@@]23[C@H]2CC[C@]4(C)[C@H](c5ccoc5)OC(=O)[C@H]5O[C@@]54[C@@]2(C)[C@H](O)C(=O)[C@H]31. The van der Waals surface area contributed by atoms with Gasteiger partial charge in [0.05, 0.1) is 35.6 Å². The molecule has 1 aromatic heterocycles. The van der Waals surface area contributed by atoms with Crippen molar-refractivity contribution >= 4 is 17.7 Å². The molecule has 7 aliphatic rings. The molecule has 3 saturated carbocycles. The zero-order chi connectivity index (χ0) is 30.4. The highest BCUT2D eigenvalue weighted by Crippen LogP contribution is 2.81. The molecule has 0 amide bonds. The van der Waals surface area contributed by atoms with Crippen LogP contribution in [0.15, 0.2) is 23.0 Å². The van der Waals surface area contributed by atoms with Gasteiger partial charge in [-0.25, -0.2) is 4.79 Å². The molecule has 43 heavy (non-hydrogen) atoms. The average Bonchev–Trinajstić information content (AvgIpc) is 3.27. The van der Waals surface area contributed by atoms with Crippen molar-refractivity contribution in [2.24, 2.45) is 39.4 Å². The molecule has 0 unspecified atom stereocenters. The van der Waals surface area contributed by atoms with Crippen molar-refractivity contribution in [1.29, 1.82) is 0 Å². The Hall–Kier alpha value is -2.23. The lowest BCUT2D eigenvalue weighted by atomic mass is 9.35. The predicted octanol–water partition coefficient (Wildman–Crippen LogP) is 4.69. The van der Waals surface area contributed by atoms with Crippen LogP contribution in [0.4, 0.5) is 0 Å². The fourth-order valence-electron chi connectivity index (χ4n) is 11.9. The van der Waals surface area contributed by atoms with E-state index in [2.05, 4.69) is 20.8 Å². The highest BCUT2D eigenvalue weighted by atomic mass is 16.7. The molecule has 0 bridgehead atoms. The van der Waals surface area contributed by atoms with Gasteiger partial charge in [-0.05, 0) is 63.4 Å². The van der Waals surface area contributed by atoms with Gasteiger partial charge in [0, 0.05) is 21.8 Å². The molecule has 234 valence electrons. The number of aliphatic hydroxyl groups is 1. The molecule has 3 spiro atoms. The third kappa shape index (κ3) is 2.99. The number of aliphatic hydroxyl groups excluding tert-OH is 1. The van der Waals surface area contributed by atoms with Crippen molar-refractivity contribution in [2.45, 2.75) is 122 Å². The number of rotatable bonds is 4. The van der Waals surface area contributed by atoms with Crippen molar-refractivity contribution in [3.8, 4) is 0 Å². The summed E-state index contributed by atoms with van der Waals surface area (Å²) in [6.07, 6.45) is 5.66. The average molecular weight is 597 g/mol. The number of ether oxygens (including phenoxy) is 4. The lowest BCUT2D eigenvalue weighted by Gasteiger charge is -2.67. The van der Waals surface area contributed by atoms with Crippen LogP contribution in [-0.2, 0) is 33.3 Å². The van der Waals surface area contributed by atoms with E-state index in [4.69, 9.17) is 23.4 Å². The Balaban J connectivity index is 1.33. The Morgan fingerprint density at radius 3 is 2.44 bits per heavy atom. The standard InChI is InChI=1S/C34H44O9/c1-18(2)8-14-30(4)22-21(35)23(36)31(5)20(33(22)17-40-28(38)32(27(33)43-30)11-6-7-12-32)9-13-29(3)24(19-10-15-39-16-19)41-26(37)25-34(29,31)42-25/h10,15-16,18,20,22-25,27,36H,6-9,11-14,17H2,1-5H3/t20-,22-,23+,24-,25+,27-,29+,30+,31+,33-,34-/m0/s1. The number of fused-ring (bicyclic) bond motifs is 2. The molecule has 9 heteroatoms. The summed E-state index contributed by atoms with van der Waals surface area (Å²) in [5, 5.41) is 12.4. The van der Waals surface area contributed by atoms with E-state index in [1.54, 1.807) is 18.6 Å². The van der Waals surface area contributed by atoms with E-state index in [0.717, 1.165) is 24.8 Å². The number of hydrogen-bond donors (Lipinski definition) is 1. The van der Waals surface area contributed by atoms with E-state index in [9.17, 15) is 19.5 Å². The summed E-state index contributed by atoms with van der Waals surface area (Å²) in [4.78, 5) is 42.2. The zero-order valence-electron chi connectivity index (χ0n) is 25.9. The highest BCUT2D eigenvalue weighted by molar-refractivity contribution is 5.92. The molecule has 3 aliphatic carbocycles. The van der Waals surface area contributed by atoms with Gasteiger partial charge in [-0.15, -0.1) is 0 Å². The Bertz CT molecular complexity index is 1380. The first-order valence-electron chi connectivity index (χ1n) is 16.3. The lowest BCUT2D eigenvalue weighted by Crippen LogP contribution is -2.77. The van der Waals surface area contributed by atoms with Crippen LogP contribution in [0.1, 0.15) is 97.7 Å². The van der Waals surface area contributed by atoms with Gasteiger partial charge in [-0.3, -0.25) is 9.59 Å². The summed E-state index contributed by atoms with van der Waals surface area (Å²) in [7, 11) is 0. The summed E-state index contributed by atoms with van der Waals surface area (Å²) in [6.45, 7) is 10.4. The summed E-state index contributed by atoms with van der Waals surface area (Å²) in [5.41, 5.74) is -4.78. The molecule has 1 N–H and O–H groups in total. The quantitative estimate of drug-likeness (QED) is 0.389. The Morgan fingerprint density at radius 2 is 1.77 bits per heavy atom. The number of Topliss-reactive ketones (excluding diaryl/α,β-unsaturated/α-hetero) is 1. The van der Waals surface area contributed by atoms with Crippen LogP contribution < -0.4 is 0 Å². The van der Waals surface area contributed by atoms with Gasteiger partial charge in [-0.2, -0.15) is 0 Å². The van der Waals surface area contributed by atoms with Gasteiger partial charge in [0.1, 0.15) is 24.4 Å². The summed E-state index contributed by atoms with van der Waals surface area (Å²) in [6, 6.07) is 1.80. The zero-order valence-corrected chi connectivity index (χ0v) is 25.9. The minimum Gasteiger partial charge on any atom is -0.472 e. The topological polar surface area (TPSA) is 125 Å². The lowest BCUT2D eigenvalue weighted by molar-refractivity contribution is -0.264. The molecule has 0 radical (unpaired) electrons. The van der Waals surface area contributed by atoms with Crippen molar-refractivity contribution in [3.05, 3.63) is 24.2 Å². The molecule has 5 heterocycles. The second kappa shape index (κ2) is 8.52. The molecular weight excluding hydrogens is 552 g/mol. The van der Waals surface area contributed by atoms with Gasteiger partial charge < -0.3 is 28.5 Å². The van der Waals surface area contributed by atoms with E-state index in [-0.39, 0.29) is 24.3 Å². The number of furan rings is 1. The van der Waals surface area contributed by atoms with Gasteiger partial charge >= 0.3 is 11.9 Å². The first-order chi connectivity index (χ1) is 20.3. The second-order valence-corrected chi connectivity index (χ2v) is 15.9. The summed E-state index contributed by atoms with van der Waals surface area (Å²) < 4.78 is 31.3. The first-order valence-corrected chi connectivity index (χ1v) is 16.3. The van der Waals surface area contributed by atoms with Gasteiger partial charge in [0.15, 0.2) is 11.9 Å². The molecule has 9 nitrogen and oxygen atoms in total. The maximum absolute atomic E-state index is 14.9. The first kappa shape index (κ1) is 28.3. The van der Waals surface area contributed by atoms with Crippen LogP contribution in [0.5, 0.6) is 0 Å². The van der Waals surface area contributed by atoms with E-state index in [1.807, 2.05) is 13.8 Å². The van der Waals surface area contributed by atoms with Crippen molar-refractivity contribution < 1.29 is 42.9 Å². The molecule has 11 atom stereocenters. The van der Waals surface area contributed by atoms with Crippen LogP contribution in [0, 0.1) is 39.4 Å². The second-order valence-electron chi connectivity index (χ2n) is 15.9.